The fourth-order valence-corrected chi connectivity index (χ4v) is 2.18. The molecule has 0 heterocycles. The van der Waals surface area contributed by atoms with Crippen molar-refractivity contribution in [3.05, 3.63) is 35.4 Å². The van der Waals surface area contributed by atoms with Crippen LogP contribution >= 0.6 is 11.8 Å². The maximum atomic E-state index is 11.8. The zero-order chi connectivity index (χ0) is 12.0. The highest BCUT2D eigenvalue weighted by Crippen LogP contribution is 2.16. The van der Waals surface area contributed by atoms with E-state index in [1.165, 1.54) is 5.56 Å². The Hall–Kier alpha value is -0.760. The molecule has 88 valence electrons. The summed E-state index contributed by atoms with van der Waals surface area (Å²) in [4.78, 5) is 11.8. The number of thioether (sulfide) groups is 1. The van der Waals surface area contributed by atoms with Crippen LogP contribution in [-0.4, -0.2) is 16.8 Å². The summed E-state index contributed by atoms with van der Waals surface area (Å²) in [6.07, 6.45) is 2.14. The summed E-state index contributed by atoms with van der Waals surface area (Å²) in [5.41, 5.74) is 2.12. The first-order valence-electron chi connectivity index (χ1n) is 5.91. The maximum absolute atomic E-state index is 11.8. The van der Waals surface area contributed by atoms with Crippen molar-refractivity contribution in [1.82, 2.24) is 0 Å². The van der Waals surface area contributed by atoms with E-state index >= 15 is 0 Å². The Kier molecular flexibility index (Phi) is 5.61. The van der Waals surface area contributed by atoms with Gasteiger partial charge in [0.2, 0.25) is 0 Å². The zero-order valence-corrected chi connectivity index (χ0v) is 11.1. The molecule has 1 rings (SSSR count). The topological polar surface area (TPSA) is 17.1 Å². The summed E-state index contributed by atoms with van der Waals surface area (Å²) in [6.45, 7) is 6.44. The highest BCUT2D eigenvalue weighted by Gasteiger charge is 2.08. The molecule has 0 aliphatic carbocycles. The van der Waals surface area contributed by atoms with E-state index in [4.69, 9.17) is 0 Å². The van der Waals surface area contributed by atoms with Gasteiger partial charge >= 0.3 is 0 Å². The van der Waals surface area contributed by atoms with Crippen molar-refractivity contribution in [2.75, 3.05) is 5.75 Å². The monoisotopic (exact) mass is 236 g/mol. The Labute approximate surface area is 103 Å². The summed E-state index contributed by atoms with van der Waals surface area (Å²) >= 11 is 1.74. The Morgan fingerprint density at radius 2 is 1.88 bits per heavy atom. The van der Waals surface area contributed by atoms with Crippen molar-refractivity contribution >= 4 is 17.5 Å². The molecule has 1 unspecified atom stereocenters. The van der Waals surface area contributed by atoms with E-state index in [1.54, 1.807) is 11.8 Å². The van der Waals surface area contributed by atoms with E-state index in [-0.39, 0.29) is 5.78 Å². The molecule has 1 aromatic carbocycles. The number of benzene rings is 1. The van der Waals surface area contributed by atoms with Gasteiger partial charge in [0.05, 0.1) is 5.75 Å². The number of hydrogen-bond acceptors (Lipinski definition) is 2. The molecule has 0 saturated heterocycles. The minimum absolute atomic E-state index is 0.243. The van der Waals surface area contributed by atoms with Gasteiger partial charge in [-0.05, 0) is 18.4 Å². The van der Waals surface area contributed by atoms with Crippen LogP contribution < -0.4 is 0 Å². The molecule has 0 aliphatic rings. The second kappa shape index (κ2) is 6.74. The molecule has 0 aliphatic heterocycles. The van der Waals surface area contributed by atoms with Crippen molar-refractivity contribution in [2.45, 2.75) is 38.9 Å². The number of ketones is 1. The molecule has 0 radical (unpaired) electrons. The second-order valence-electron chi connectivity index (χ2n) is 4.00. The molecule has 0 fully saturated rings. The largest absolute Gasteiger partial charge is 0.293 e. The first-order valence-corrected chi connectivity index (χ1v) is 6.96. The van der Waals surface area contributed by atoms with Crippen LogP contribution in [-0.2, 0) is 6.42 Å². The molecule has 0 spiro atoms. The van der Waals surface area contributed by atoms with Gasteiger partial charge in [-0.1, -0.05) is 45.0 Å². The van der Waals surface area contributed by atoms with Crippen LogP contribution in [0.25, 0.3) is 0 Å². The highest BCUT2D eigenvalue weighted by molar-refractivity contribution is 8.00. The lowest BCUT2D eigenvalue weighted by atomic mass is 10.1. The average molecular weight is 236 g/mol. The average Bonchev–Trinajstić information content (AvgIpc) is 2.35. The summed E-state index contributed by atoms with van der Waals surface area (Å²) in [7, 11) is 0. The first kappa shape index (κ1) is 13.3. The van der Waals surface area contributed by atoms with Crippen LogP contribution in [0.5, 0.6) is 0 Å². The van der Waals surface area contributed by atoms with E-state index in [0.29, 0.717) is 11.0 Å². The smallest absolute Gasteiger partial charge is 0.172 e. The number of carbonyl (C=O) groups is 1. The van der Waals surface area contributed by atoms with Gasteiger partial charge in [0.25, 0.3) is 0 Å². The molecule has 0 bridgehead atoms. The van der Waals surface area contributed by atoms with Crippen LogP contribution in [0, 0.1) is 0 Å². The summed E-state index contributed by atoms with van der Waals surface area (Å²) in [6, 6.07) is 7.97. The van der Waals surface area contributed by atoms with E-state index in [9.17, 15) is 4.79 Å². The first-order chi connectivity index (χ1) is 7.67. The molecule has 0 aromatic heterocycles. The SMILES string of the molecule is CCc1ccc(C(=O)CSC(C)CC)cc1. The highest BCUT2D eigenvalue weighted by atomic mass is 32.2. The predicted molar refractivity (Wildman–Crippen MR) is 72.4 cm³/mol. The molecule has 0 N–H and O–H groups in total. The molecule has 2 heteroatoms. The maximum Gasteiger partial charge on any atom is 0.172 e. The van der Waals surface area contributed by atoms with Crippen LogP contribution in [0.3, 0.4) is 0 Å². The minimum atomic E-state index is 0.243. The van der Waals surface area contributed by atoms with Crippen LogP contribution in [0.2, 0.25) is 0 Å². The van der Waals surface area contributed by atoms with Crippen LogP contribution in [0.4, 0.5) is 0 Å². The van der Waals surface area contributed by atoms with Gasteiger partial charge in [0.1, 0.15) is 0 Å². The van der Waals surface area contributed by atoms with Crippen molar-refractivity contribution in [3.63, 3.8) is 0 Å². The number of aryl methyl sites for hydroxylation is 1. The third-order valence-electron chi connectivity index (χ3n) is 2.76. The third-order valence-corrected chi connectivity index (χ3v) is 4.09. The Balaban J connectivity index is 2.52. The van der Waals surface area contributed by atoms with Gasteiger partial charge in [-0.3, -0.25) is 4.79 Å². The Bertz CT molecular complexity index is 329. The van der Waals surface area contributed by atoms with Gasteiger partial charge in [0, 0.05) is 10.8 Å². The Morgan fingerprint density at radius 3 is 2.38 bits per heavy atom. The summed E-state index contributed by atoms with van der Waals surface area (Å²) in [5, 5.41) is 0.568. The lowest BCUT2D eigenvalue weighted by Gasteiger charge is -2.07. The van der Waals surface area contributed by atoms with E-state index < -0.39 is 0 Å². The normalized spacial score (nSPS) is 12.4. The van der Waals surface area contributed by atoms with E-state index in [1.807, 2.05) is 24.3 Å². The van der Waals surface area contributed by atoms with Crippen molar-refractivity contribution in [2.24, 2.45) is 0 Å². The molecular weight excluding hydrogens is 216 g/mol. The summed E-state index contributed by atoms with van der Waals surface area (Å²) < 4.78 is 0. The molecule has 16 heavy (non-hydrogen) atoms. The van der Waals surface area contributed by atoms with Crippen LogP contribution in [0.15, 0.2) is 24.3 Å². The number of rotatable bonds is 6. The quantitative estimate of drug-likeness (QED) is 0.695. The molecule has 1 aromatic rings. The zero-order valence-electron chi connectivity index (χ0n) is 10.3. The predicted octanol–water partition coefficient (Wildman–Crippen LogP) is 3.96. The fourth-order valence-electron chi connectivity index (χ4n) is 1.35. The third kappa shape index (κ3) is 4.01. The minimum Gasteiger partial charge on any atom is -0.293 e. The second-order valence-corrected chi connectivity index (χ2v) is 5.43. The molecule has 1 nitrogen and oxygen atoms in total. The van der Waals surface area contributed by atoms with Gasteiger partial charge < -0.3 is 0 Å². The van der Waals surface area contributed by atoms with E-state index in [2.05, 4.69) is 20.8 Å². The van der Waals surface area contributed by atoms with Gasteiger partial charge in [-0.2, -0.15) is 11.8 Å². The standard InChI is InChI=1S/C14H20OS/c1-4-11(3)16-10-14(15)13-8-6-12(5-2)7-9-13/h6-9,11H,4-5,10H2,1-3H3. The van der Waals surface area contributed by atoms with Crippen molar-refractivity contribution in [1.29, 1.82) is 0 Å². The molecule has 0 amide bonds. The Morgan fingerprint density at radius 1 is 1.25 bits per heavy atom. The lowest BCUT2D eigenvalue weighted by Crippen LogP contribution is -2.06. The summed E-state index contributed by atoms with van der Waals surface area (Å²) in [5.74, 6) is 0.841. The lowest BCUT2D eigenvalue weighted by molar-refractivity contribution is 0.102. The molecule has 1 atom stereocenters. The fraction of sp³-hybridized carbons (Fsp3) is 0.500. The van der Waals surface area contributed by atoms with E-state index in [0.717, 1.165) is 18.4 Å². The number of carbonyl (C=O) groups excluding carboxylic acids is 1. The van der Waals surface area contributed by atoms with Crippen molar-refractivity contribution < 1.29 is 4.79 Å². The van der Waals surface area contributed by atoms with Crippen LogP contribution in [0.1, 0.15) is 43.1 Å². The molecule has 0 saturated carbocycles. The van der Waals surface area contributed by atoms with Gasteiger partial charge in [-0.15, -0.1) is 0 Å². The van der Waals surface area contributed by atoms with Gasteiger partial charge in [-0.25, -0.2) is 0 Å². The number of hydrogen-bond donors (Lipinski definition) is 0. The van der Waals surface area contributed by atoms with Gasteiger partial charge in [0.15, 0.2) is 5.78 Å². The van der Waals surface area contributed by atoms with Crippen molar-refractivity contribution in [3.8, 4) is 0 Å². The number of Topliss-reactive ketones (excluding diaryl/α,β-unsaturated/α-hetero) is 1. The molecular formula is C14H20OS.